The van der Waals surface area contributed by atoms with Crippen molar-refractivity contribution in [1.29, 1.82) is 0 Å². The van der Waals surface area contributed by atoms with Gasteiger partial charge in [-0.15, -0.1) is 0 Å². The largest absolute Gasteiger partial charge is 0.487 e. The number of carbonyl (C=O) groups is 1. The molecule has 0 fully saturated rings. The Hall–Kier alpha value is -1.88. The van der Waals surface area contributed by atoms with E-state index in [4.69, 9.17) is 9.84 Å². The molecule has 0 bridgehead atoms. The van der Waals surface area contributed by atoms with Gasteiger partial charge >= 0.3 is 5.97 Å². The van der Waals surface area contributed by atoms with Gasteiger partial charge in [0.15, 0.2) is 0 Å². The van der Waals surface area contributed by atoms with E-state index >= 15 is 0 Å². The maximum Gasteiger partial charge on any atom is 0.335 e. The molecule has 0 aliphatic heterocycles. The molecule has 1 aromatic heterocycles. The van der Waals surface area contributed by atoms with Gasteiger partial charge in [0.05, 0.1) is 16.8 Å². The van der Waals surface area contributed by atoms with Gasteiger partial charge in [0.1, 0.15) is 12.4 Å². The topological polar surface area (TPSA) is 59.4 Å². The number of aromatic nitrogens is 1. The van der Waals surface area contributed by atoms with Gasteiger partial charge in [0.2, 0.25) is 0 Å². The zero-order valence-corrected chi connectivity index (χ0v) is 14.2. The molecule has 0 saturated carbocycles. The van der Waals surface area contributed by atoms with E-state index in [1.165, 1.54) is 12.1 Å². The van der Waals surface area contributed by atoms with Crippen LogP contribution in [-0.4, -0.2) is 45.6 Å². The molecule has 0 amide bonds. The van der Waals surface area contributed by atoms with Crippen molar-refractivity contribution in [3.63, 3.8) is 0 Å². The first-order chi connectivity index (χ1) is 10.2. The monoisotopic (exact) mass is 302 g/mol. The van der Waals surface area contributed by atoms with Crippen molar-refractivity contribution in [3.8, 4) is 5.75 Å². The van der Waals surface area contributed by atoms with Gasteiger partial charge in [0.25, 0.3) is 0 Å². The second-order valence-corrected chi connectivity index (χ2v) is 4.61. The van der Waals surface area contributed by atoms with E-state index in [0.717, 1.165) is 16.6 Å². The molecule has 2 aromatic carbocycles. The number of rotatable bonds is 4. The van der Waals surface area contributed by atoms with Crippen molar-refractivity contribution in [2.75, 3.05) is 0 Å². The molecule has 0 saturated heterocycles. The summed E-state index contributed by atoms with van der Waals surface area (Å²) >= 11 is 0. The third-order valence-electron chi connectivity index (χ3n) is 3.14. The molecule has 105 valence electrons. The third-order valence-corrected chi connectivity index (χ3v) is 3.14. The van der Waals surface area contributed by atoms with Crippen molar-refractivity contribution >= 4 is 46.4 Å². The number of hydrogen-bond donors (Lipinski definition) is 1. The Bertz CT molecular complexity index is 787. The van der Waals surface area contributed by atoms with Crippen LogP contribution >= 0.6 is 0 Å². The molecule has 0 atom stereocenters. The normalized spacial score (nSPS) is 10.0. The van der Waals surface area contributed by atoms with Crippen LogP contribution in [0.25, 0.3) is 10.9 Å². The zero-order chi connectivity index (χ0) is 14.7. The number of ether oxygens (including phenoxy) is 1. The molecular weight excluding hydrogens is 289 g/mol. The Labute approximate surface area is 150 Å². The van der Waals surface area contributed by atoms with Gasteiger partial charge < -0.3 is 9.84 Å². The first-order valence-corrected chi connectivity index (χ1v) is 6.53. The Balaban J connectivity index is 0.00000176. The number of pyridine rings is 1. The van der Waals surface area contributed by atoms with Crippen LogP contribution in [0.2, 0.25) is 0 Å². The fourth-order valence-corrected chi connectivity index (χ4v) is 2.04. The van der Waals surface area contributed by atoms with Crippen molar-refractivity contribution in [3.05, 3.63) is 71.9 Å². The molecule has 1 radical (unpaired) electrons. The summed E-state index contributed by atoms with van der Waals surface area (Å²) < 4.78 is 5.62. The van der Waals surface area contributed by atoms with Crippen LogP contribution in [0.4, 0.5) is 0 Å². The Morgan fingerprint density at radius 2 is 1.73 bits per heavy atom. The smallest absolute Gasteiger partial charge is 0.335 e. The molecule has 0 aliphatic rings. The molecule has 1 heterocycles. The number of para-hydroxylation sites is 1. The molecule has 0 aliphatic carbocycles. The first-order valence-electron chi connectivity index (χ1n) is 6.53. The fraction of sp³-hybridized carbons (Fsp3) is 0.0588. The van der Waals surface area contributed by atoms with Crippen LogP contribution in [0.3, 0.4) is 0 Å². The summed E-state index contributed by atoms with van der Waals surface area (Å²) in [5, 5.41) is 9.92. The summed E-state index contributed by atoms with van der Waals surface area (Å²) in [6.07, 6.45) is 0. The summed E-state index contributed by atoms with van der Waals surface area (Å²) in [6, 6.07) is 18.2. The van der Waals surface area contributed by atoms with E-state index in [1.807, 2.05) is 36.4 Å². The standard InChI is InChI=1S/C17H13NO3.Na/c19-17(20)13-6-9-15(10-7-13)21-11-14-8-5-12-3-1-2-4-16(12)18-14;/h1-10H,11H2,(H,19,20);. The third kappa shape index (κ3) is 3.85. The molecule has 0 unspecified atom stereocenters. The van der Waals surface area contributed by atoms with E-state index in [-0.39, 0.29) is 35.1 Å². The molecule has 22 heavy (non-hydrogen) atoms. The van der Waals surface area contributed by atoms with Crippen molar-refractivity contribution in [2.45, 2.75) is 6.61 Å². The summed E-state index contributed by atoms with van der Waals surface area (Å²) in [5.41, 5.74) is 2.00. The van der Waals surface area contributed by atoms with Gasteiger partial charge in [-0.3, -0.25) is 0 Å². The number of carboxylic acid groups (broad SMARTS) is 1. The number of benzene rings is 2. The van der Waals surface area contributed by atoms with Crippen LogP contribution in [0, 0.1) is 0 Å². The Kier molecular flexibility index (Phi) is 5.55. The van der Waals surface area contributed by atoms with E-state index in [2.05, 4.69) is 4.98 Å². The molecule has 3 rings (SSSR count). The average molecular weight is 302 g/mol. The van der Waals surface area contributed by atoms with E-state index < -0.39 is 5.97 Å². The fourth-order valence-electron chi connectivity index (χ4n) is 2.04. The SMILES string of the molecule is O=C(O)c1ccc(OCc2ccc3ccccc3n2)cc1.[Na]. The maximum absolute atomic E-state index is 10.8. The zero-order valence-electron chi connectivity index (χ0n) is 12.2. The van der Waals surface area contributed by atoms with Crippen LogP contribution in [0.1, 0.15) is 16.1 Å². The molecule has 1 N–H and O–H groups in total. The van der Waals surface area contributed by atoms with Crippen molar-refractivity contribution in [1.82, 2.24) is 4.98 Å². The van der Waals surface area contributed by atoms with Gasteiger partial charge in [-0.1, -0.05) is 24.3 Å². The molecule has 3 aromatic rings. The minimum atomic E-state index is -0.947. The number of fused-ring (bicyclic) bond motifs is 1. The summed E-state index contributed by atoms with van der Waals surface area (Å²) in [7, 11) is 0. The van der Waals surface area contributed by atoms with Crippen LogP contribution in [-0.2, 0) is 6.61 Å². The van der Waals surface area contributed by atoms with Gasteiger partial charge in [0, 0.05) is 34.9 Å². The minimum absolute atomic E-state index is 0. The van der Waals surface area contributed by atoms with E-state index in [0.29, 0.717) is 12.4 Å². The summed E-state index contributed by atoms with van der Waals surface area (Å²) in [5.74, 6) is -0.326. The van der Waals surface area contributed by atoms with Gasteiger partial charge in [-0.25, -0.2) is 9.78 Å². The first kappa shape index (κ1) is 16.5. The van der Waals surface area contributed by atoms with Crippen molar-refractivity contribution < 1.29 is 14.6 Å². The second-order valence-electron chi connectivity index (χ2n) is 4.61. The van der Waals surface area contributed by atoms with Crippen molar-refractivity contribution in [2.24, 2.45) is 0 Å². The number of nitrogens with zero attached hydrogens (tertiary/aromatic N) is 1. The summed E-state index contributed by atoms with van der Waals surface area (Å²) in [6.45, 7) is 0.344. The summed E-state index contributed by atoms with van der Waals surface area (Å²) in [4.78, 5) is 15.3. The molecule has 0 spiro atoms. The Morgan fingerprint density at radius 1 is 1.00 bits per heavy atom. The van der Waals surface area contributed by atoms with E-state index in [1.54, 1.807) is 12.1 Å². The molecule has 4 nitrogen and oxygen atoms in total. The number of carboxylic acids is 1. The van der Waals surface area contributed by atoms with Gasteiger partial charge in [-0.05, 0) is 36.4 Å². The van der Waals surface area contributed by atoms with Gasteiger partial charge in [-0.2, -0.15) is 0 Å². The van der Waals surface area contributed by atoms with Crippen LogP contribution in [0.15, 0.2) is 60.7 Å². The average Bonchev–Trinajstić information content (AvgIpc) is 2.53. The van der Waals surface area contributed by atoms with E-state index in [9.17, 15) is 4.79 Å². The second kappa shape index (κ2) is 7.40. The quantitative estimate of drug-likeness (QED) is 0.752. The maximum atomic E-state index is 10.8. The van der Waals surface area contributed by atoms with Crippen LogP contribution in [0.5, 0.6) is 5.75 Å². The van der Waals surface area contributed by atoms with Crippen LogP contribution < -0.4 is 4.74 Å². The minimum Gasteiger partial charge on any atom is -0.487 e. The number of aromatic carboxylic acids is 1. The molecule has 5 heteroatoms. The predicted octanol–water partition coefficient (Wildman–Crippen LogP) is 3.13. The number of hydrogen-bond acceptors (Lipinski definition) is 3. The predicted molar refractivity (Wildman–Crippen MR) is 85.2 cm³/mol. The molecular formula is C17H13NNaO3. The Morgan fingerprint density at radius 3 is 2.45 bits per heavy atom.